The topological polar surface area (TPSA) is 41.0 Å². The number of nitrogens with zero attached hydrogens (tertiary/aromatic N) is 3. The minimum atomic E-state index is 0.454. The number of fused-ring (bicyclic) bond motifs is 1. The fraction of sp³-hybridized carbons (Fsp3) is 0.385. The van der Waals surface area contributed by atoms with Crippen molar-refractivity contribution in [3.05, 3.63) is 29.0 Å². The predicted octanol–water partition coefficient (Wildman–Crippen LogP) is 2.19. The monoisotopic (exact) mass is 306 g/mol. The lowest BCUT2D eigenvalue weighted by atomic mass is 10.1. The first-order valence-electron chi connectivity index (χ1n) is 6.13. The van der Waals surface area contributed by atoms with E-state index in [4.69, 9.17) is 0 Å². The summed E-state index contributed by atoms with van der Waals surface area (Å²) >= 11 is 3.52. The van der Waals surface area contributed by atoms with Crippen LogP contribution in [0.1, 0.15) is 6.92 Å². The van der Waals surface area contributed by atoms with Gasteiger partial charge in [0.1, 0.15) is 12.1 Å². The van der Waals surface area contributed by atoms with Gasteiger partial charge in [-0.2, -0.15) is 0 Å². The summed E-state index contributed by atoms with van der Waals surface area (Å²) in [6, 6.07) is 6.59. The van der Waals surface area contributed by atoms with Crippen LogP contribution in [0.3, 0.4) is 0 Å². The third-order valence-electron chi connectivity index (χ3n) is 3.35. The van der Waals surface area contributed by atoms with Crippen molar-refractivity contribution in [2.75, 3.05) is 24.5 Å². The van der Waals surface area contributed by atoms with Crippen molar-refractivity contribution in [1.82, 2.24) is 15.3 Å². The Kier molecular flexibility index (Phi) is 3.18. The van der Waals surface area contributed by atoms with E-state index >= 15 is 0 Å². The van der Waals surface area contributed by atoms with Crippen LogP contribution in [0.25, 0.3) is 10.9 Å². The fourth-order valence-electron chi connectivity index (χ4n) is 2.40. The van der Waals surface area contributed by atoms with Crippen LogP contribution in [0, 0.1) is 0 Å². The van der Waals surface area contributed by atoms with Gasteiger partial charge in [-0.1, -0.05) is 15.9 Å². The smallest absolute Gasteiger partial charge is 0.140 e. The average Bonchev–Trinajstić information content (AvgIpc) is 2.39. The maximum Gasteiger partial charge on any atom is 0.140 e. The quantitative estimate of drug-likeness (QED) is 0.877. The zero-order chi connectivity index (χ0) is 12.5. The van der Waals surface area contributed by atoms with E-state index in [-0.39, 0.29) is 0 Å². The highest BCUT2D eigenvalue weighted by atomic mass is 79.9. The van der Waals surface area contributed by atoms with Crippen LogP contribution in [0.4, 0.5) is 5.82 Å². The first kappa shape index (κ1) is 11.9. The van der Waals surface area contributed by atoms with Gasteiger partial charge in [-0.3, -0.25) is 0 Å². The van der Waals surface area contributed by atoms with Crippen LogP contribution in [0.15, 0.2) is 29.0 Å². The molecule has 0 bridgehead atoms. The van der Waals surface area contributed by atoms with Crippen molar-refractivity contribution in [2.45, 2.75) is 13.0 Å². The molecule has 1 N–H and O–H groups in total. The minimum absolute atomic E-state index is 0.454. The van der Waals surface area contributed by atoms with Crippen LogP contribution in [-0.4, -0.2) is 35.6 Å². The molecule has 1 aliphatic rings. The van der Waals surface area contributed by atoms with E-state index in [0.29, 0.717) is 6.04 Å². The van der Waals surface area contributed by atoms with Crippen molar-refractivity contribution in [3.63, 3.8) is 0 Å². The third-order valence-corrected chi connectivity index (χ3v) is 3.84. The molecular formula is C13H15BrN4. The first-order chi connectivity index (χ1) is 8.75. The molecule has 1 aliphatic heterocycles. The van der Waals surface area contributed by atoms with E-state index < -0.39 is 0 Å². The van der Waals surface area contributed by atoms with Gasteiger partial charge < -0.3 is 10.2 Å². The molecule has 2 heterocycles. The molecule has 0 aliphatic carbocycles. The number of halogens is 1. The average molecular weight is 307 g/mol. The fourth-order valence-corrected chi connectivity index (χ4v) is 2.76. The summed E-state index contributed by atoms with van der Waals surface area (Å²) in [5, 5.41) is 4.51. The molecule has 18 heavy (non-hydrogen) atoms. The number of hydrogen-bond donors (Lipinski definition) is 1. The SMILES string of the molecule is C[C@H]1CNCCN1c1ncnc2ccc(Br)cc12. The molecule has 2 aromatic rings. The second kappa shape index (κ2) is 4.82. The van der Waals surface area contributed by atoms with E-state index in [0.717, 1.165) is 40.8 Å². The van der Waals surface area contributed by atoms with Crippen molar-refractivity contribution in [3.8, 4) is 0 Å². The zero-order valence-corrected chi connectivity index (χ0v) is 11.8. The standard InChI is InChI=1S/C13H15BrN4/c1-9-7-15-4-5-18(9)13-11-6-10(14)2-3-12(11)16-8-17-13/h2-3,6,8-9,15H,4-5,7H2,1H3/t9-/m0/s1. The molecule has 0 saturated carbocycles. The highest BCUT2D eigenvalue weighted by Gasteiger charge is 2.21. The van der Waals surface area contributed by atoms with E-state index in [1.165, 1.54) is 0 Å². The van der Waals surface area contributed by atoms with Gasteiger partial charge >= 0.3 is 0 Å². The largest absolute Gasteiger partial charge is 0.351 e. The third kappa shape index (κ3) is 2.08. The van der Waals surface area contributed by atoms with Crippen LogP contribution < -0.4 is 10.2 Å². The van der Waals surface area contributed by atoms with E-state index in [1.54, 1.807) is 6.33 Å². The van der Waals surface area contributed by atoms with Gasteiger partial charge in [0, 0.05) is 35.5 Å². The highest BCUT2D eigenvalue weighted by molar-refractivity contribution is 9.10. The molecule has 1 fully saturated rings. The van der Waals surface area contributed by atoms with Gasteiger partial charge in [0.15, 0.2) is 0 Å². The van der Waals surface area contributed by atoms with Gasteiger partial charge in [0.25, 0.3) is 0 Å². The maximum atomic E-state index is 4.49. The van der Waals surface area contributed by atoms with Crippen LogP contribution >= 0.6 is 15.9 Å². The molecular weight excluding hydrogens is 292 g/mol. The molecule has 0 radical (unpaired) electrons. The van der Waals surface area contributed by atoms with E-state index in [1.807, 2.05) is 12.1 Å². The number of nitrogens with one attached hydrogen (secondary N) is 1. The maximum absolute atomic E-state index is 4.49. The Hall–Kier alpha value is -1.20. The summed E-state index contributed by atoms with van der Waals surface area (Å²) in [5.41, 5.74) is 0.994. The molecule has 3 rings (SSSR count). The lowest BCUT2D eigenvalue weighted by Gasteiger charge is -2.35. The summed E-state index contributed by atoms with van der Waals surface area (Å²) in [6.45, 7) is 5.21. The molecule has 4 nitrogen and oxygen atoms in total. The summed E-state index contributed by atoms with van der Waals surface area (Å²) in [4.78, 5) is 11.2. The minimum Gasteiger partial charge on any atom is -0.351 e. The van der Waals surface area contributed by atoms with E-state index in [9.17, 15) is 0 Å². The Bertz CT molecular complexity index is 572. The van der Waals surface area contributed by atoms with Crippen molar-refractivity contribution in [1.29, 1.82) is 0 Å². The van der Waals surface area contributed by atoms with Gasteiger partial charge in [-0.15, -0.1) is 0 Å². The second-order valence-electron chi connectivity index (χ2n) is 4.61. The van der Waals surface area contributed by atoms with Gasteiger partial charge in [0.2, 0.25) is 0 Å². The molecule has 0 unspecified atom stereocenters. The summed E-state index contributed by atoms with van der Waals surface area (Å²) in [6.07, 6.45) is 1.65. The highest BCUT2D eigenvalue weighted by Crippen LogP contribution is 2.27. The molecule has 0 amide bonds. The molecule has 0 spiro atoms. The normalized spacial score (nSPS) is 20.3. The number of anilines is 1. The molecule has 1 aromatic heterocycles. The van der Waals surface area contributed by atoms with Crippen LogP contribution in [0.5, 0.6) is 0 Å². The lowest BCUT2D eigenvalue weighted by molar-refractivity contribution is 0.498. The second-order valence-corrected chi connectivity index (χ2v) is 5.52. The van der Waals surface area contributed by atoms with Crippen molar-refractivity contribution in [2.24, 2.45) is 0 Å². The zero-order valence-electron chi connectivity index (χ0n) is 10.2. The lowest BCUT2D eigenvalue weighted by Crippen LogP contribution is -2.50. The molecule has 1 aromatic carbocycles. The summed E-state index contributed by atoms with van der Waals surface area (Å²) in [7, 11) is 0. The van der Waals surface area contributed by atoms with Gasteiger partial charge in [0.05, 0.1) is 5.52 Å². The Morgan fingerprint density at radius 3 is 3.11 bits per heavy atom. The van der Waals surface area contributed by atoms with Crippen LogP contribution in [-0.2, 0) is 0 Å². The number of benzene rings is 1. The van der Waals surface area contributed by atoms with Crippen molar-refractivity contribution < 1.29 is 0 Å². The summed E-state index contributed by atoms with van der Waals surface area (Å²) in [5.74, 6) is 1.04. The Labute approximate surface area is 115 Å². The summed E-state index contributed by atoms with van der Waals surface area (Å²) < 4.78 is 1.06. The van der Waals surface area contributed by atoms with Crippen molar-refractivity contribution >= 4 is 32.7 Å². The Morgan fingerprint density at radius 2 is 2.28 bits per heavy atom. The molecule has 94 valence electrons. The number of hydrogen-bond acceptors (Lipinski definition) is 4. The number of aromatic nitrogens is 2. The Morgan fingerprint density at radius 1 is 1.39 bits per heavy atom. The van der Waals surface area contributed by atoms with E-state index in [2.05, 4.69) is 49.1 Å². The molecule has 5 heteroatoms. The van der Waals surface area contributed by atoms with Crippen LogP contribution in [0.2, 0.25) is 0 Å². The van der Waals surface area contributed by atoms with Gasteiger partial charge in [-0.25, -0.2) is 9.97 Å². The predicted molar refractivity (Wildman–Crippen MR) is 76.9 cm³/mol. The molecule has 1 atom stereocenters. The Balaban J connectivity index is 2.12. The first-order valence-corrected chi connectivity index (χ1v) is 6.92. The molecule has 1 saturated heterocycles. The van der Waals surface area contributed by atoms with Gasteiger partial charge in [-0.05, 0) is 25.1 Å². The number of piperazine rings is 1. The number of rotatable bonds is 1.